The number of aromatic nitrogens is 3. The summed E-state index contributed by atoms with van der Waals surface area (Å²) in [6, 6.07) is 3.70. The van der Waals surface area contributed by atoms with Crippen LogP contribution in [-0.4, -0.2) is 23.6 Å². The van der Waals surface area contributed by atoms with Crippen LogP contribution in [0.2, 0.25) is 0 Å². The van der Waals surface area contributed by atoms with Gasteiger partial charge in [-0.15, -0.1) is 32.9 Å². The number of hydrogen-bond acceptors (Lipinski definition) is 8. The molecule has 1 atom stereocenters. The SMILES string of the molecule is Cc1csc(S(=O)(=O)[C@@H](C)c2nnc(-c3cccs3)o2)n1. The summed E-state index contributed by atoms with van der Waals surface area (Å²) in [5.74, 6) is 0.406. The molecule has 0 bridgehead atoms. The number of aryl methyl sites for hydroxylation is 1. The fourth-order valence-electron chi connectivity index (χ4n) is 1.65. The number of rotatable bonds is 4. The Hall–Kier alpha value is -1.58. The van der Waals surface area contributed by atoms with E-state index < -0.39 is 15.1 Å². The lowest BCUT2D eigenvalue weighted by atomic mass is 10.5. The fraction of sp³-hybridized carbons (Fsp3) is 0.250. The second-order valence-electron chi connectivity index (χ2n) is 4.36. The number of thiazole rings is 1. The lowest BCUT2D eigenvalue weighted by Gasteiger charge is -2.05. The van der Waals surface area contributed by atoms with Crippen molar-refractivity contribution in [2.24, 2.45) is 0 Å². The molecule has 3 heterocycles. The molecule has 0 aromatic carbocycles. The quantitative estimate of drug-likeness (QED) is 0.725. The maximum atomic E-state index is 12.5. The smallest absolute Gasteiger partial charge is 0.257 e. The maximum Gasteiger partial charge on any atom is 0.257 e. The van der Waals surface area contributed by atoms with Crippen molar-refractivity contribution in [3.05, 3.63) is 34.5 Å². The van der Waals surface area contributed by atoms with Gasteiger partial charge in [0.15, 0.2) is 0 Å². The largest absolute Gasteiger partial charge is 0.418 e. The zero-order chi connectivity index (χ0) is 15.0. The summed E-state index contributed by atoms with van der Waals surface area (Å²) < 4.78 is 30.5. The molecule has 3 aromatic heterocycles. The summed E-state index contributed by atoms with van der Waals surface area (Å²) in [6.45, 7) is 3.28. The molecular weight excluding hydrogens is 330 g/mol. The van der Waals surface area contributed by atoms with Crippen LogP contribution in [-0.2, 0) is 9.84 Å². The molecule has 110 valence electrons. The van der Waals surface area contributed by atoms with Gasteiger partial charge in [0.2, 0.25) is 20.1 Å². The van der Waals surface area contributed by atoms with E-state index in [1.54, 1.807) is 12.3 Å². The second-order valence-corrected chi connectivity index (χ2v) is 8.61. The first-order valence-electron chi connectivity index (χ1n) is 6.02. The highest BCUT2D eigenvalue weighted by Crippen LogP contribution is 2.31. The Bertz CT molecular complexity index is 849. The minimum atomic E-state index is -3.61. The molecule has 0 unspecified atom stereocenters. The Morgan fingerprint density at radius 2 is 2.10 bits per heavy atom. The van der Waals surface area contributed by atoms with Crippen molar-refractivity contribution in [1.82, 2.24) is 15.2 Å². The van der Waals surface area contributed by atoms with Crippen LogP contribution in [0.4, 0.5) is 0 Å². The van der Waals surface area contributed by atoms with E-state index in [0.717, 1.165) is 16.2 Å². The van der Waals surface area contributed by atoms with E-state index in [1.165, 1.54) is 18.3 Å². The molecule has 3 aromatic rings. The van der Waals surface area contributed by atoms with E-state index in [2.05, 4.69) is 15.2 Å². The van der Waals surface area contributed by atoms with Gasteiger partial charge in [0.05, 0.1) is 4.88 Å². The van der Waals surface area contributed by atoms with Crippen LogP contribution in [0.15, 0.2) is 31.6 Å². The van der Waals surface area contributed by atoms with Crippen LogP contribution in [0.1, 0.15) is 23.8 Å². The van der Waals surface area contributed by atoms with E-state index in [9.17, 15) is 8.42 Å². The van der Waals surface area contributed by atoms with Gasteiger partial charge in [-0.25, -0.2) is 13.4 Å². The van der Waals surface area contributed by atoms with E-state index >= 15 is 0 Å². The van der Waals surface area contributed by atoms with Crippen molar-refractivity contribution >= 4 is 32.5 Å². The number of hydrogen-bond donors (Lipinski definition) is 0. The molecule has 0 radical (unpaired) electrons. The highest BCUT2D eigenvalue weighted by atomic mass is 32.2. The van der Waals surface area contributed by atoms with Gasteiger partial charge in [-0.1, -0.05) is 6.07 Å². The normalized spacial score (nSPS) is 13.4. The zero-order valence-electron chi connectivity index (χ0n) is 11.2. The molecule has 0 N–H and O–H groups in total. The zero-order valence-corrected chi connectivity index (χ0v) is 13.6. The standard InChI is InChI=1S/C12H11N3O3S3/c1-7-6-20-12(13-7)21(16,17)8(2)10-14-15-11(18-10)9-4-3-5-19-9/h3-6,8H,1-2H3/t8-/m0/s1. The minimum Gasteiger partial charge on any atom is -0.418 e. The summed E-state index contributed by atoms with van der Waals surface area (Å²) in [7, 11) is -3.61. The predicted molar refractivity (Wildman–Crippen MR) is 80.1 cm³/mol. The predicted octanol–water partition coefficient (Wildman–Crippen LogP) is 3.10. The number of nitrogens with zero attached hydrogens (tertiary/aromatic N) is 3. The molecule has 9 heteroatoms. The van der Waals surface area contributed by atoms with Crippen molar-refractivity contribution in [3.8, 4) is 10.8 Å². The van der Waals surface area contributed by atoms with Gasteiger partial charge >= 0.3 is 0 Å². The van der Waals surface area contributed by atoms with Crippen LogP contribution in [0.5, 0.6) is 0 Å². The molecule has 0 saturated carbocycles. The Balaban J connectivity index is 1.93. The molecule has 3 rings (SSSR count). The maximum absolute atomic E-state index is 12.5. The number of thiophene rings is 1. The third-order valence-electron chi connectivity index (χ3n) is 2.83. The van der Waals surface area contributed by atoms with Gasteiger partial charge < -0.3 is 4.42 Å². The van der Waals surface area contributed by atoms with Crippen LogP contribution in [0, 0.1) is 6.92 Å². The van der Waals surface area contributed by atoms with Crippen LogP contribution in [0.25, 0.3) is 10.8 Å². The molecule has 0 saturated heterocycles. The first-order valence-corrected chi connectivity index (χ1v) is 9.32. The summed E-state index contributed by atoms with van der Waals surface area (Å²) in [4.78, 5) is 4.84. The van der Waals surface area contributed by atoms with Crippen molar-refractivity contribution in [1.29, 1.82) is 0 Å². The monoisotopic (exact) mass is 341 g/mol. The highest BCUT2D eigenvalue weighted by molar-refractivity contribution is 7.93. The van der Waals surface area contributed by atoms with Gasteiger partial charge in [-0.2, -0.15) is 0 Å². The Morgan fingerprint density at radius 3 is 2.71 bits per heavy atom. The summed E-state index contributed by atoms with van der Waals surface area (Å²) in [5, 5.41) is 10.4. The molecule has 0 aliphatic carbocycles. The summed E-state index contributed by atoms with van der Waals surface area (Å²) >= 11 is 2.55. The number of sulfone groups is 1. The molecule has 6 nitrogen and oxygen atoms in total. The lowest BCUT2D eigenvalue weighted by molar-refractivity contribution is 0.495. The van der Waals surface area contributed by atoms with Crippen LogP contribution in [0.3, 0.4) is 0 Å². The van der Waals surface area contributed by atoms with E-state index in [4.69, 9.17) is 4.42 Å². The molecule has 0 aliphatic heterocycles. The Morgan fingerprint density at radius 1 is 1.29 bits per heavy atom. The lowest BCUT2D eigenvalue weighted by Crippen LogP contribution is -2.11. The average Bonchev–Trinajstić information content (AvgIpc) is 3.18. The Kier molecular flexibility index (Phi) is 3.64. The first kappa shape index (κ1) is 14.4. The van der Waals surface area contributed by atoms with Gasteiger partial charge in [0.1, 0.15) is 5.25 Å². The average molecular weight is 341 g/mol. The Labute approximate surface area is 129 Å². The molecule has 0 amide bonds. The van der Waals surface area contributed by atoms with Gasteiger partial charge in [-0.3, -0.25) is 0 Å². The third kappa shape index (κ3) is 2.63. The van der Waals surface area contributed by atoms with Crippen molar-refractivity contribution < 1.29 is 12.8 Å². The first-order chi connectivity index (χ1) is 9.98. The van der Waals surface area contributed by atoms with Crippen molar-refractivity contribution in [3.63, 3.8) is 0 Å². The van der Waals surface area contributed by atoms with Crippen molar-refractivity contribution in [2.45, 2.75) is 23.4 Å². The van der Waals surface area contributed by atoms with E-state index in [1.807, 2.05) is 17.5 Å². The molecular formula is C12H11N3O3S3. The van der Waals surface area contributed by atoms with Gasteiger partial charge in [0, 0.05) is 11.1 Å². The van der Waals surface area contributed by atoms with Gasteiger partial charge in [0.25, 0.3) is 5.89 Å². The molecule has 0 fully saturated rings. The van der Waals surface area contributed by atoms with E-state index in [0.29, 0.717) is 11.6 Å². The van der Waals surface area contributed by atoms with Crippen LogP contribution >= 0.6 is 22.7 Å². The summed E-state index contributed by atoms with van der Waals surface area (Å²) in [6.07, 6.45) is 0. The van der Waals surface area contributed by atoms with Crippen molar-refractivity contribution in [2.75, 3.05) is 0 Å². The summed E-state index contributed by atoms with van der Waals surface area (Å²) in [5.41, 5.74) is 0.676. The van der Waals surface area contributed by atoms with Gasteiger partial charge in [-0.05, 0) is 25.3 Å². The topological polar surface area (TPSA) is 86.0 Å². The second kappa shape index (κ2) is 5.32. The minimum absolute atomic E-state index is 0.0726. The molecule has 21 heavy (non-hydrogen) atoms. The molecule has 0 aliphatic rings. The van der Waals surface area contributed by atoms with Crippen LogP contribution < -0.4 is 0 Å². The fourth-order valence-corrected chi connectivity index (χ4v) is 4.86. The highest BCUT2D eigenvalue weighted by Gasteiger charge is 2.32. The van der Waals surface area contributed by atoms with E-state index in [-0.39, 0.29) is 10.2 Å². The molecule has 0 spiro atoms. The third-order valence-corrected chi connectivity index (χ3v) is 7.13.